The third-order valence-corrected chi connectivity index (χ3v) is 3.81. The van der Waals surface area contributed by atoms with Crippen LogP contribution < -0.4 is 4.90 Å². The van der Waals surface area contributed by atoms with Crippen LogP contribution in [0.1, 0.15) is 10.4 Å². The van der Waals surface area contributed by atoms with Gasteiger partial charge in [0.2, 0.25) is 5.69 Å². The fraction of sp³-hybridized carbons (Fsp3) is 0.267. The first-order chi connectivity index (χ1) is 13.6. The molecule has 1 aromatic rings. The van der Waals surface area contributed by atoms with Crippen molar-refractivity contribution in [1.29, 1.82) is 0 Å². The van der Waals surface area contributed by atoms with Gasteiger partial charge in [0.1, 0.15) is 12.4 Å². The van der Waals surface area contributed by atoms with E-state index in [-0.39, 0.29) is 0 Å². The number of hydrogen-bond donors (Lipinski definition) is 1. The molecule has 14 heteroatoms. The number of carboxylic acids is 1. The van der Waals surface area contributed by atoms with Gasteiger partial charge in [-0.15, -0.1) is 0 Å². The van der Waals surface area contributed by atoms with Crippen LogP contribution in [0.2, 0.25) is 0 Å². The molecule has 0 bridgehead atoms. The number of aromatic carboxylic acids is 1. The maximum atomic E-state index is 12.3. The van der Waals surface area contributed by atoms with Crippen LogP contribution in [-0.2, 0) is 23.8 Å². The van der Waals surface area contributed by atoms with E-state index in [9.17, 15) is 34.6 Å². The van der Waals surface area contributed by atoms with Crippen LogP contribution in [-0.4, -0.2) is 60.4 Å². The van der Waals surface area contributed by atoms with Gasteiger partial charge in [-0.3, -0.25) is 25.1 Å². The minimum absolute atomic E-state index is 0.392. The number of nitrogens with zero attached hydrogens (tertiary/aromatic N) is 3. The smallest absolute Gasteiger partial charge is 0.355 e. The number of benzene rings is 1. The number of anilines is 1. The molecule has 0 aromatic heterocycles. The monoisotopic (exact) mass is 411 g/mol. The molecule has 0 radical (unpaired) electrons. The second-order valence-electron chi connectivity index (χ2n) is 5.40. The number of rotatable bonds is 6. The van der Waals surface area contributed by atoms with Gasteiger partial charge in [0.15, 0.2) is 0 Å². The molecule has 1 aromatic carbocycles. The van der Waals surface area contributed by atoms with Crippen molar-refractivity contribution in [3.63, 3.8) is 0 Å². The fourth-order valence-corrected chi connectivity index (χ4v) is 2.60. The SMILES string of the molecule is COC(=O)C1=C(C(=O)OC)N(c2c([N+](=O)[O-])cc(C(=O)O)cc2[N+](=O)[O-])COC1. The molecule has 0 spiro atoms. The molecule has 0 unspecified atom stereocenters. The highest BCUT2D eigenvalue weighted by molar-refractivity contribution is 6.05. The summed E-state index contributed by atoms with van der Waals surface area (Å²) in [6.45, 7) is -1.03. The lowest BCUT2D eigenvalue weighted by Crippen LogP contribution is -2.39. The molecule has 1 heterocycles. The number of carbonyl (C=O) groups excluding carboxylic acids is 2. The van der Waals surface area contributed by atoms with Gasteiger partial charge in [0, 0.05) is 12.1 Å². The number of methoxy groups -OCH3 is 2. The number of esters is 2. The van der Waals surface area contributed by atoms with E-state index in [2.05, 4.69) is 9.47 Å². The molecule has 0 aliphatic carbocycles. The van der Waals surface area contributed by atoms with E-state index in [1.165, 1.54) is 0 Å². The van der Waals surface area contributed by atoms with Crippen LogP contribution in [0.5, 0.6) is 0 Å². The lowest BCUT2D eigenvalue weighted by Gasteiger charge is -2.30. The molecule has 1 aliphatic heterocycles. The Morgan fingerprint density at radius 2 is 1.59 bits per heavy atom. The van der Waals surface area contributed by atoms with Crippen molar-refractivity contribution in [2.75, 3.05) is 32.5 Å². The summed E-state index contributed by atoms with van der Waals surface area (Å²) < 4.78 is 14.3. The minimum atomic E-state index is -1.64. The van der Waals surface area contributed by atoms with Crippen LogP contribution in [0.15, 0.2) is 23.4 Å². The molecule has 29 heavy (non-hydrogen) atoms. The molecule has 1 aliphatic rings. The quantitative estimate of drug-likeness (QED) is 0.390. The van der Waals surface area contributed by atoms with E-state index in [0.717, 1.165) is 14.2 Å². The summed E-state index contributed by atoms with van der Waals surface area (Å²) >= 11 is 0. The van der Waals surface area contributed by atoms with Crippen molar-refractivity contribution >= 4 is 35.0 Å². The predicted octanol–water partition coefficient (Wildman–Crippen LogP) is 0.595. The fourth-order valence-electron chi connectivity index (χ4n) is 2.60. The molecule has 1 N–H and O–H groups in total. The number of ether oxygens (including phenoxy) is 3. The second-order valence-corrected chi connectivity index (χ2v) is 5.40. The number of nitro groups is 2. The van der Waals surface area contributed by atoms with Gasteiger partial charge < -0.3 is 19.3 Å². The molecule has 154 valence electrons. The van der Waals surface area contributed by atoms with Crippen molar-refractivity contribution in [3.05, 3.63) is 49.2 Å². The van der Waals surface area contributed by atoms with Gasteiger partial charge in [0.25, 0.3) is 0 Å². The molecule has 2 rings (SSSR count). The Morgan fingerprint density at radius 3 is 2.00 bits per heavy atom. The highest BCUT2D eigenvalue weighted by Gasteiger charge is 2.40. The van der Waals surface area contributed by atoms with Gasteiger partial charge in [-0.2, -0.15) is 0 Å². The van der Waals surface area contributed by atoms with Crippen molar-refractivity contribution < 1.29 is 43.5 Å². The largest absolute Gasteiger partial charge is 0.478 e. The zero-order valence-electron chi connectivity index (χ0n) is 14.9. The number of carbonyl (C=O) groups is 3. The van der Waals surface area contributed by atoms with Gasteiger partial charge in [0.05, 0.1) is 41.8 Å². The topological polar surface area (TPSA) is 189 Å². The first-order valence-corrected chi connectivity index (χ1v) is 7.59. The van der Waals surface area contributed by atoms with Gasteiger partial charge in [-0.05, 0) is 0 Å². The highest BCUT2D eigenvalue weighted by atomic mass is 16.6. The van der Waals surface area contributed by atoms with Crippen molar-refractivity contribution in [2.45, 2.75) is 0 Å². The first kappa shape index (κ1) is 21.2. The molecule has 0 amide bonds. The molecule has 0 saturated heterocycles. The zero-order chi connectivity index (χ0) is 21.9. The van der Waals surface area contributed by atoms with E-state index < -0.39 is 75.0 Å². The maximum Gasteiger partial charge on any atom is 0.355 e. The van der Waals surface area contributed by atoms with E-state index >= 15 is 0 Å². The lowest BCUT2D eigenvalue weighted by molar-refractivity contribution is -0.392. The highest BCUT2D eigenvalue weighted by Crippen LogP contribution is 2.42. The first-order valence-electron chi connectivity index (χ1n) is 7.59. The van der Waals surface area contributed by atoms with Crippen molar-refractivity contribution in [2.24, 2.45) is 0 Å². The summed E-state index contributed by atoms with van der Waals surface area (Å²) in [6, 6.07) is 1.18. The zero-order valence-corrected chi connectivity index (χ0v) is 14.9. The number of nitro benzene ring substituents is 2. The average Bonchev–Trinajstić information content (AvgIpc) is 2.70. The maximum absolute atomic E-state index is 12.3. The third-order valence-electron chi connectivity index (χ3n) is 3.81. The van der Waals surface area contributed by atoms with Gasteiger partial charge in [-0.25, -0.2) is 14.4 Å². The number of hydrogen-bond acceptors (Lipinski definition) is 11. The molecular weight excluding hydrogens is 398 g/mol. The van der Waals surface area contributed by atoms with E-state index in [0.29, 0.717) is 17.0 Å². The summed E-state index contributed by atoms with van der Waals surface area (Å²) in [6.07, 6.45) is 0. The minimum Gasteiger partial charge on any atom is -0.478 e. The van der Waals surface area contributed by atoms with Gasteiger partial charge >= 0.3 is 29.3 Å². The molecule has 0 fully saturated rings. The number of carboxylic acid groups (broad SMARTS) is 1. The van der Waals surface area contributed by atoms with Crippen LogP contribution in [0.25, 0.3) is 0 Å². The Hall–Kier alpha value is -4.07. The molecule has 0 saturated carbocycles. The van der Waals surface area contributed by atoms with Crippen LogP contribution in [0.4, 0.5) is 17.1 Å². The summed E-state index contributed by atoms with van der Waals surface area (Å²) in [5.41, 5.74) is -4.43. The van der Waals surface area contributed by atoms with E-state index in [1.807, 2.05) is 0 Å². The molecular formula is C15H13N3O11. The Morgan fingerprint density at radius 1 is 1.07 bits per heavy atom. The predicted molar refractivity (Wildman–Crippen MR) is 91.1 cm³/mol. The Labute approximate surface area is 161 Å². The summed E-state index contributed by atoms with van der Waals surface area (Å²) in [5.74, 6) is -3.81. The van der Waals surface area contributed by atoms with Gasteiger partial charge in [-0.1, -0.05) is 0 Å². The standard InChI is InChI=1S/C15H13N3O11/c1-27-14(21)8-5-29-6-16(11(8)15(22)28-2)12-9(17(23)24)3-7(13(19)20)4-10(12)18(25)26/h3-4H,5-6H2,1-2H3,(H,19,20). The van der Waals surface area contributed by atoms with Crippen molar-refractivity contribution in [3.8, 4) is 0 Å². The Kier molecular flexibility index (Phi) is 6.08. The third kappa shape index (κ3) is 3.96. The molecule has 0 atom stereocenters. The Balaban J connectivity index is 2.91. The average molecular weight is 411 g/mol. The van der Waals surface area contributed by atoms with E-state index in [1.54, 1.807) is 0 Å². The van der Waals surface area contributed by atoms with E-state index in [4.69, 9.17) is 9.84 Å². The summed E-state index contributed by atoms with van der Waals surface area (Å²) in [4.78, 5) is 57.2. The summed E-state index contributed by atoms with van der Waals surface area (Å²) in [5, 5.41) is 32.2. The molecule has 14 nitrogen and oxygen atoms in total. The van der Waals surface area contributed by atoms with Crippen LogP contribution >= 0.6 is 0 Å². The lowest BCUT2D eigenvalue weighted by atomic mass is 10.1. The van der Waals surface area contributed by atoms with Crippen LogP contribution in [0, 0.1) is 20.2 Å². The summed E-state index contributed by atoms with van der Waals surface area (Å²) in [7, 11) is 1.98. The second kappa shape index (κ2) is 8.30. The Bertz CT molecular complexity index is 918. The van der Waals surface area contributed by atoms with Crippen LogP contribution in [0.3, 0.4) is 0 Å². The normalized spacial score (nSPS) is 13.7. The van der Waals surface area contributed by atoms with Crippen molar-refractivity contribution in [1.82, 2.24) is 0 Å².